The zero-order chi connectivity index (χ0) is 22.7. The number of nitrogens with one attached hydrogen (secondary N) is 1. The second kappa shape index (κ2) is 9.69. The second-order valence-electron chi connectivity index (χ2n) is 7.05. The number of amides is 1. The summed E-state index contributed by atoms with van der Waals surface area (Å²) in [4.78, 5) is 12.5. The highest BCUT2D eigenvalue weighted by Crippen LogP contribution is 2.26. The van der Waals surface area contributed by atoms with E-state index in [0.717, 1.165) is 11.1 Å². The molecular weight excluding hydrogens is 473 g/mol. The van der Waals surface area contributed by atoms with Crippen molar-refractivity contribution >= 4 is 46.4 Å². The summed E-state index contributed by atoms with van der Waals surface area (Å²) in [5.41, 5.74) is 2.18. The van der Waals surface area contributed by atoms with E-state index < -0.39 is 5.91 Å². The van der Waals surface area contributed by atoms with Crippen LogP contribution in [0.2, 0.25) is 15.1 Å². The number of ether oxygens (including phenoxy) is 1. The number of hydrogen-bond acceptors (Lipinski definition) is 4. The zero-order valence-corrected chi connectivity index (χ0v) is 19.2. The molecule has 1 amide bonds. The minimum Gasteiger partial charge on any atom is -0.485 e. The maximum absolute atomic E-state index is 12.5. The molecule has 0 aliphatic carbocycles. The fourth-order valence-electron chi connectivity index (χ4n) is 3.05. The third-order valence-electron chi connectivity index (χ3n) is 4.67. The van der Waals surface area contributed by atoms with Crippen LogP contribution in [-0.2, 0) is 13.2 Å². The summed E-state index contributed by atoms with van der Waals surface area (Å²) < 4.78 is 13.0. The molecule has 0 unspecified atom stereocenters. The smallest absolute Gasteiger partial charge is 0.291 e. The number of aryl methyl sites for hydroxylation is 1. The molecule has 0 spiro atoms. The lowest BCUT2D eigenvalue weighted by Crippen LogP contribution is -2.10. The van der Waals surface area contributed by atoms with E-state index in [1.54, 1.807) is 59.5 Å². The summed E-state index contributed by atoms with van der Waals surface area (Å²) in [6, 6.07) is 14.0. The van der Waals surface area contributed by atoms with Crippen LogP contribution in [0.25, 0.3) is 0 Å². The SMILES string of the molecule is Cc1cc(Cl)ccc1OCc1ccc(C(=O)Nc2cnn(Cc3c(Cl)cccc3Cl)c2)o1. The normalized spacial score (nSPS) is 10.9. The Morgan fingerprint density at radius 3 is 2.66 bits per heavy atom. The summed E-state index contributed by atoms with van der Waals surface area (Å²) in [7, 11) is 0. The Bertz CT molecular complexity index is 1250. The van der Waals surface area contributed by atoms with Gasteiger partial charge in [0.25, 0.3) is 5.91 Å². The molecule has 164 valence electrons. The largest absolute Gasteiger partial charge is 0.485 e. The zero-order valence-electron chi connectivity index (χ0n) is 16.9. The molecule has 2 aromatic heterocycles. The molecule has 9 heteroatoms. The molecular formula is C23H18Cl3N3O3. The molecule has 0 bridgehead atoms. The molecule has 0 radical (unpaired) electrons. The van der Waals surface area contributed by atoms with Gasteiger partial charge in [0.05, 0.1) is 18.4 Å². The molecule has 4 aromatic rings. The maximum atomic E-state index is 12.5. The Kier molecular flexibility index (Phi) is 6.74. The first-order valence-corrected chi connectivity index (χ1v) is 10.8. The summed E-state index contributed by atoms with van der Waals surface area (Å²) in [5, 5.41) is 8.76. The van der Waals surface area contributed by atoms with E-state index in [9.17, 15) is 4.79 Å². The maximum Gasteiger partial charge on any atom is 0.291 e. The van der Waals surface area contributed by atoms with Gasteiger partial charge in [-0.05, 0) is 55.0 Å². The molecule has 0 fully saturated rings. The number of nitrogens with zero attached hydrogens (tertiary/aromatic N) is 2. The first kappa shape index (κ1) is 22.3. The van der Waals surface area contributed by atoms with Crippen LogP contribution in [-0.4, -0.2) is 15.7 Å². The van der Waals surface area contributed by atoms with E-state index in [1.165, 1.54) is 0 Å². The third-order valence-corrected chi connectivity index (χ3v) is 5.61. The van der Waals surface area contributed by atoms with Crippen LogP contribution in [0.15, 0.2) is 65.3 Å². The molecule has 0 saturated heterocycles. The van der Waals surface area contributed by atoms with Gasteiger partial charge >= 0.3 is 0 Å². The average Bonchev–Trinajstić information content (AvgIpc) is 3.40. The van der Waals surface area contributed by atoms with Gasteiger partial charge in [-0.3, -0.25) is 9.48 Å². The summed E-state index contributed by atoms with van der Waals surface area (Å²) in [5.74, 6) is 0.990. The molecule has 4 rings (SSSR count). The number of anilines is 1. The third kappa shape index (κ3) is 5.27. The Hall–Kier alpha value is -2.93. The van der Waals surface area contributed by atoms with Crippen molar-refractivity contribution in [3.63, 3.8) is 0 Å². The topological polar surface area (TPSA) is 69.3 Å². The fourth-order valence-corrected chi connectivity index (χ4v) is 3.80. The summed E-state index contributed by atoms with van der Waals surface area (Å²) >= 11 is 18.4. The van der Waals surface area contributed by atoms with Gasteiger partial charge in [0.1, 0.15) is 18.1 Å². The van der Waals surface area contributed by atoms with Crippen LogP contribution in [0, 0.1) is 6.92 Å². The quantitative estimate of drug-likeness (QED) is 0.316. The molecule has 0 saturated carbocycles. The van der Waals surface area contributed by atoms with Crippen LogP contribution in [0.1, 0.15) is 27.4 Å². The molecule has 2 heterocycles. The molecule has 0 aliphatic rings. The van der Waals surface area contributed by atoms with E-state index in [1.807, 2.05) is 13.0 Å². The summed E-state index contributed by atoms with van der Waals surface area (Å²) in [6.45, 7) is 2.47. The van der Waals surface area contributed by atoms with Crippen molar-refractivity contribution in [1.82, 2.24) is 9.78 Å². The van der Waals surface area contributed by atoms with Crippen molar-refractivity contribution in [2.24, 2.45) is 0 Å². The first-order valence-electron chi connectivity index (χ1n) is 9.63. The van der Waals surface area contributed by atoms with E-state index in [4.69, 9.17) is 44.0 Å². The van der Waals surface area contributed by atoms with Crippen molar-refractivity contribution in [1.29, 1.82) is 0 Å². The number of furan rings is 1. The van der Waals surface area contributed by atoms with Crippen LogP contribution in [0.4, 0.5) is 5.69 Å². The Labute approximate surface area is 199 Å². The van der Waals surface area contributed by atoms with Gasteiger partial charge in [0.2, 0.25) is 0 Å². The lowest BCUT2D eigenvalue weighted by molar-refractivity contribution is 0.0992. The van der Waals surface area contributed by atoms with Crippen LogP contribution >= 0.6 is 34.8 Å². The monoisotopic (exact) mass is 489 g/mol. The Morgan fingerprint density at radius 1 is 1.12 bits per heavy atom. The lowest BCUT2D eigenvalue weighted by Gasteiger charge is -2.07. The molecule has 6 nitrogen and oxygen atoms in total. The Balaban J connectivity index is 1.36. The molecule has 0 aliphatic heterocycles. The number of aromatic nitrogens is 2. The highest BCUT2D eigenvalue weighted by Gasteiger charge is 2.14. The van der Waals surface area contributed by atoms with Crippen molar-refractivity contribution in [2.45, 2.75) is 20.1 Å². The first-order chi connectivity index (χ1) is 15.4. The van der Waals surface area contributed by atoms with Gasteiger partial charge < -0.3 is 14.5 Å². The average molecular weight is 491 g/mol. The lowest BCUT2D eigenvalue weighted by atomic mass is 10.2. The van der Waals surface area contributed by atoms with E-state index in [-0.39, 0.29) is 12.4 Å². The van der Waals surface area contributed by atoms with Gasteiger partial charge in [-0.2, -0.15) is 5.10 Å². The van der Waals surface area contributed by atoms with Crippen molar-refractivity contribution in [3.8, 4) is 5.75 Å². The van der Waals surface area contributed by atoms with Crippen LogP contribution in [0.3, 0.4) is 0 Å². The van der Waals surface area contributed by atoms with E-state index in [0.29, 0.717) is 38.8 Å². The number of hydrogen-bond donors (Lipinski definition) is 1. The van der Waals surface area contributed by atoms with Gasteiger partial charge in [-0.1, -0.05) is 40.9 Å². The number of halogens is 3. The van der Waals surface area contributed by atoms with E-state index in [2.05, 4.69) is 10.4 Å². The van der Waals surface area contributed by atoms with Gasteiger partial charge in [-0.25, -0.2) is 0 Å². The highest BCUT2D eigenvalue weighted by atomic mass is 35.5. The standard InChI is InChI=1S/C23H18Cl3N3O3/c1-14-9-15(24)5-7-21(14)31-13-17-6-8-22(32-17)23(30)28-16-10-27-29(11-16)12-18-19(25)3-2-4-20(18)26/h2-11H,12-13H2,1H3,(H,28,30). The van der Waals surface area contributed by atoms with Crippen molar-refractivity contribution < 1.29 is 13.9 Å². The van der Waals surface area contributed by atoms with Gasteiger partial charge in [0, 0.05) is 26.8 Å². The van der Waals surface area contributed by atoms with Crippen LogP contribution < -0.4 is 10.1 Å². The molecule has 1 N–H and O–H groups in total. The number of rotatable bonds is 7. The highest BCUT2D eigenvalue weighted by molar-refractivity contribution is 6.36. The Morgan fingerprint density at radius 2 is 1.91 bits per heavy atom. The summed E-state index contributed by atoms with van der Waals surface area (Å²) in [6.07, 6.45) is 3.23. The predicted octanol–water partition coefficient (Wildman–Crippen LogP) is 6.62. The van der Waals surface area contributed by atoms with Crippen molar-refractivity contribution in [2.75, 3.05) is 5.32 Å². The number of carbonyl (C=O) groups is 1. The number of carbonyl (C=O) groups excluding carboxylic acids is 1. The minimum absolute atomic E-state index is 0.165. The number of benzene rings is 2. The van der Waals surface area contributed by atoms with Crippen molar-refractivity contribution in [3.05, 3.63) is 98.6 Å². The molecule has 0 atom stereocenters. The van der Waals surface area contributed by atoms with Gasteiger partial charge in [-0.15, -0.1) is 0 Å². The molecule has 2 aromatic carbocycles. The predicted molar refractivity (Wildman–Crippen MR) is 125 cm³/mol. The molecule has 32 heavy (non-hydrogen) atoms. The second-order valence-corrected chi connectivity index (χ2v) is 8.30. The minimum atomic E-state index is -0.394. The van der Waals surface area contributed by atoms with E-state index >= 15 is 0 Å². The fraction of sp³-hybridized carbons (Fsp3) is 0.130. The van der Waals surface area contributed by atoms with Gasteiger partial charge in [0.15, 0.2) is 5.76 Å². The van der Waals surface area contributed by atoms with Crippen LogP contribution in [0.5, 0.6) is 5.75 Å².